The van der Waals surface area contributed by atoms with Crippen LogP contribution in [0.4, 0.5) is 0 Å². The molecule has 36 heteroatoms. The number of primary amides is 1. The number of Topliss-reactive ketones (excluding diaryl/α,β-unsaturated/α-hetero) is 5. The largest absolute Gasteiger partial charge is 0.481 e. The van der Waals surface area contributed by atoms with Gasteiger partial charge in [0.1, 0.15) is 19.3 Å². The lowest BCUT2D eigenvalue weighted by molar-refractivity contribution is -0.142. The lowest BCUT2D eigenvalue weighted by atomic mass is 9.90. The van der Waals surface area contributed by atoms with Crippen molar-refractivity contribution < 1.29 is 96.4 Å². The quantitative estimate of drug-likeness (QED) is 0.0111. The van der Waals surface area contributed by atoms with Crippen LogP contribution >= 0.6 is 33.3 Å². The van der Waals surface area contributed by atoms with E-state index in [9.17, 15) is 77.4 Å². The molecule has 2 heterocycles. The fourth-order valence-electron chi connectivity index (χ4n) is 12.0. The SMILES string of the molecule is C/C(=N/O)C(C)(C)NCCC(CCCC(C)C)CCNC(=O)CCCC(=O)NCCCC[C@@H]1NC(=O)CSC[C@@H](C(=O)CCCOCCOCCOCCCC(=O)COCC(N)=O)NC(=O)[C@H](Cc2ccccc2)CC(=O)[C@@H]2CSSC[C@H](NC1=O)C(=O)C[C@@H](CCCN=C(N)N)C(=O)NCC(=O)C[C@@H](CC(=O)O)C(=O)N2. The summed E-state index contributed by atoms with van der Waals surface area (Å²) in [6, 6.07) is 3.33. The van der Waals surface area contributed by atoms with Gasteiger partial charge in [0.25, 0.3) is 0 Å². The number of fused-ring (bicyclic) bond motifs is 5. The average molecular weight is 1640 g/mol. The highest BCUT2D eigenvalue weighted by molar-refractivity contribution is 8.76. The summed E-state index contributed by atoms with van der Waals surface area (Å²) in [5.74, 6) is -13.3. The molecule has 0 radical (unpaired) electrons. The van der Waals surface area contributed by atoms with Crippen molar-refractivity contribution in [2.75, 3.05) is 109 Å². The van der Waals surface area contributed by atoms with Crippen molar-refractivity contribution in [3.8, 4) is 0 Å². The van der Waals surface area contributed by atoms with Crippen LogP contribution in [0.3, 0.4) is 0 Å². The minimum absolute atomic E-state index is 0.0126. The van der Waals surface area contributed by atoms with Gasteiger partial charge in [-0.1, -0.05) is 90.2 Å². The first-order valence-electron chi connectivity index (χ1n) is 38.8. The average Bonchev–Trinajstić information content (AvgIpc) is 1.63. The molecule has 630 valence electrons. The predicted octanol–water partition coefficient (Wildman–Crippen LogP) is 2.95. The van der Waals surface area contributed by atoms with Crippen LogP contribution in [0.15, 0.2) is 40.5 Å². The number of aliphatic imine (C=N–C) groups is 1. The lowest BCUT2D eigenvalue weighted by Gasteiger charge is -2.27. The molecular formula is C76H123N13O20S3. The number of ketones is 5. The molecule has 0 aliphatic carbocycles. The molecule has 1 aromatic rings. The van der Waals surface area contributed by atoms with Crippen molar-refractivity contribution in [2.45, 2.75) is 206 Å². The predicted molar refractivity (Wildman–Crippen MR) is 428 cm³/mol. The number of carboxylic acids is 1. The summed E-state index contributed by atoms with van der Waals surface area (Å²) in [5.41, 5.74) is 16.9. The Balaban J connectivity index is 1.91. The van der Waals surface area contributed by atoms with Gasteiger partial charge in [0.05, 0.1) is 80.4 Å². The van der Waals surface area contributed by atoms with Gasteiger partial charge in [-0.25, -0.2) is 0 Å². The number of guanidine groups is 1. The fraction of sp³-hybridized carbons (Fsp3) is 0.711. The molecule has 0 saturated carbocycles. The van der Waals surface area contributed by atoms with Crippen LogP contribution in [0, 0.1) is 29.6 Å². The number of nitrogens with one attached hydrogen (secondary N) is 8. The van der Waals surface area contributed by atoms with Gasteiger partial charge in [0, 0.05) is 107 Å². The number of benzene rings is 1. The Morgan fingerprint density at radius 1 is 0.616 bits per heavy atom. The zero-order valence-corrected chi connectivity index (χ0v) is 68.2. The molecule has 2 aliphatic rings. The number of thioether (sulfide) groups is 1. The summed E-state index contributed by atoms with van der Waals surface area (Å²) < 4.78 is 21.8. The molecule has 3 rings (SSSR count). The topological polar surface area (TPSA) is 515 Å². The molecule has 2 fully saturated rings. The third-order valence-corrected chi connectivity index (χ3v) is 22.2. The zero-order valence-electron chi connectivity index (χ0n) is 65.8. The van der Waals surface area contributed by atoms with Gasteiger partial charge in [-0.3, -0.25) is 72.1 Å². The van der Waals surface area contributed by atoms with Crippen LogP contribution in [0.1, 0.15) is 175 Å². The number of carboxylic acid groups (broad SMARTS) is 1. The third kappa shape index (κ3) is 45.3. The number of amides is 8. The van der Waals surface area contributed by atoms with E-state index in [1.54, 1.807) is 37.3 Å². The van der Waals surface area contributed by atoms with Crippen molar-refractivity contribution in [2.24, 2.45) is 56.9 Å². The van der Waals surface area contributed by atoms with Crippen molar-refractivity contribution in [3.63, 3.8) is 0 Å². The van der Waals surface area contributed by atoms with Crippen molar-refractivity contribution in [1.82, 2.24) is 42.5 Å². The molecule has 0 aromatic heterocycles. The van der Waals surface area contributed by atoms with Crippen molar-refractivity contribution in [1.29, 1.82) is 0 Å². The molecular weight excluding hydrogens is 1510 g/mol. The van der Waals surface area contributed by atoms with E-state index in [2.05, 4.69) is 66.5 Å². The number of nitrogens with zero attached hydrogens (tertiary/aromatic N) is 2. The zero-order chi connectivity index (χ0) is 82.6. The smallest absolute Gasteiger partial charge is 0.304 e. The minimum Gasteiger partial charge on any atom is -0.481 e. The Morgan fingerprint density at radius 3 is 1.85 bits per heavy atom. The molecule has 1 unspecified atom stereocenters. The van der Waals surface area contributed by atoms with E-state index in [4.69, 9.17) is 36.1 Å². The highest BCUT2D eigenvalue weighted by Crippen LogP contribution is 2.28. The first-order valence-corrected chi connectivity index (χ1v) is 42.4. The van der Waals surface area contributed by atoms with Gasteiger partial charge < -0.3 is 89.0 Å². The van der Waals surface area contributed by atoms with Crippen molar-refractivity contribution in [3.05, 3.63) is 35.9 Å². The monoisotopic (exact) mass is 1630 g/mol. The second kappa shape index (κ2) is 57.4. The molecule has 8 amide bonds. The van der Waals surface area contributed by atoms with Crippen LogP contribution in [0.25, 0.3) is 0 Å². The first kappa shape index (κ1) is 98.6. The van der Waals surface area contributed by atoms with Crippen LogP contribution < -0.4 is 59.7 Å². The minimum atomic E-state index is -1.54. The van der Waals surface area contributed by atoms with Crippen LogP contribution in [0.5, 0.6) is 0 Å². The molecule has 2 saturated heterocycles. The van der Waals surface area contributed by atoms with Gasteiger partial charge in [-0.15, -0.1) is 11.8 Å². The molecule has 0 spiro atoms. The number of hydrogen-bond acceptors (Lipinski definition) is 25. The summed E-state index contributed by atoms with van der Waals surface area (Å²) in [7, 11) is 2.01. The van der Waals surface area contributed by atoms with E-state index in [0.717, 1.165) is 65.5 Å². The summed E-state index contributed by atoms with van der Waals surface area (Å²) in [6.45, 7) is 11.4. The standard InChI is InChI=1S/C76H123N13O20S3/c1-50(2)16-11-19-52(27-31-84-76(4,5)51(3)89-105)26-30-81-68(97)25-12-24-67(96)80-28-10-9-22-59-74(104)88-62-48-112-111-47-61(87-73(103)56(42-70(99)100)39-58(91)43-83-71(101)54(40-64(62)93)20-13-29-82-75(78)79)65(94)41-55(38-53-17-7-6-8-18-53)72(102)86-60(46-110-49-69(98)85-59)63(92)23-15-33-107-35-37-108-36-34-106-32-14-21-57(90)44-109-45-66(77)95/h6-8,17-18,50,52,54-56,59-62,84,105H,9-16,19-49H2,1-5H3,(H2,77,95)(H,80,96)(H,81,97)(H,83,101)(H,85,98)(H,86,102)(H,87,103)(H,88,104)(H,99,100)(H4,78,79,82)/b89-51-/t52?,54-,55-,56+,59+,60+,61+,62+/m1/s1. The highest BCUT2D eigenvalue weighted by Gasteiger charge is 2.36. The normalized spacial score (nSPS) is 20.2. The van der Waals surface area contributed by atoms with E-state index < -0.39 is 144 Å². The number of carbonyl (C=O) groups is 14. The van der Waals surface area contributed by atoms with Gasteiger partial charge >= 0.3 is 5.97 Å². The Hall–Kier alpha value is -7.61. The van der Waals surface area contributed by atoms with E-state index in [1.807, 2.05) is 13.8 Å². The van der Waals surface area contributed by atoms with Gasteiger partial charge in [0.2, 0.25) is 47.3 Å². The van der Waals surface area contributed by atoms with E-state index in [-0.39, 0.29) is 177 Å². The number of ether oxygens (including phenoxy) is 4. The summed E-state index contributed by atoms with van der Waals surface area (Å²) in [5, 5.41) is 45.6. The van der Waals surface area contributed by atoms with E-state index in [1.165, 1.54) is 0 Å². The number of hydrogen-bond donors (Lipinski definition) is 13. The summed E-state index contributed by atoms with van der Waals surface area (Å²) in [4.78, 5) is 195. The fourth-order valence-corrected chi connectivity index (χ4v) is 15.3. The van der Waals surface area contributed by atoms with Gasteiger partial charge in [0.15, 0.2) is 34.9 Å². The Bertz CT molecular complexity index is 3200. The number of rotatable bonds is 48. The Labute approximate surface area is 669 Å². The van der Waals surface area contributed by atoms with Crippen LogP contribution in [-0.2, 0) is 92.5 Å². The second-order valence-corrected chi connectivity index (χ2v) is 32.7. The number of oxime groups is 1. The number of carbonyl (C=O) groups excluding carboxylic acids is 13. The molecule has 16 N–H and O–H groups in total. The highest BCUT2D eigenvalue weighted by atomic mass is 33.1. The van der Waals surface area contributed by atoms with Gasteiger partial charge in [-0.05, 0) is 115 Å². The van der Waals surface area contributed by atoms with E-state index >= 15 is 0 Å². The molecule has 8 atom stereocenters. The first-order chi connectivity index (χ1) is 53.5. The maximum atomic E-state index is 14.9. The molecule has 2 aliphatic heterocycles. The third-order valence-electron chi connectivity index (χ3n) is 18.7. The van der Waals surface area contributed by atoms with Crippen molar-refractivity contribution >= 4 is 127 Å². The van der Waals surface area contributed by atoms with Gasteiger partial charge in [-0.2, -0.15) is 0 Å². The summed E-state index contributed by atoms with van der Waals surface area (Å²) in [6.07, 6.45) is 4.19. The molecule has 1 aromatic carbocycles. The number of nitrogens with two attached hydrogens (primary N) is 3. The van der Waals surface area contributed by atoms with E-state index in [0.29, 0.717) is 55.6 Å². The maximum Gasteiger partial charge on any atom is 0.304 e. The molecule has 33 nitrogen and oxygen atoms in total. The van der Waals surface area contributed by atoms with Crippen LogP contribution in [0.2, 0.25) is 0 Å². The Kier molecular flexibility index (Phi) is 50.5. The number of aliphatic carboxylic acids is 1. The maximum absolute atomic E-state index is 14.9. The lowest BCUT2D eigenvalue weighted by Crippen LogP contribution is -2.53. The Morgan fingerprint density at radius 2 is 1.22 bits per heavy atom. The number of unbranched alkanes of at least 4 members (excludes halogenated alkanes) is 1. The second-order valence-electron chi connectivity index (χ2n) is 29.1. The molecule has 112 heavy (non-hydrogen) atoms. The van der Waals surface area contributed by atoms with Crippen LogP contribution in [-0.4, -0.2) is 242 Å². The summed E-state index contributed by atoms with van der Waals surface area (Å²) >= 11 is 0.972. The molecule has 2 bridgehead atoms.